The molecule has 2 aromatic rings. The summed E-state index contributed by atoms with van der Waals surface area (Å²) >= 11 is 1.37. The topological polar surface area (TPSA) is 66.4 Å². The van der Waals surface area contributed by atoms with Gasteiger partial charge in [0.15, 0.2) is 0 Å². The van der Waals surface area contributed by atoms with Crippen LogP contribution in [-0.4, -0.2) is 17.0 Å². The van der Waals surface area contributed by atoms with E-state index in [2.05, 4.69) is 5.32 Å². The number of anilines is 1. The molecule has 0 spiro atoms. The number of hydrogen-bond donors (Lipinski definition) is 2. The van der Waals surface area contributed by atoms with Gasteiger partial charge in [-0.1, -0.05) is 18.2 Å². The van der Waals surface area contributed by atoms with Crippen molar-refractivity contribution in [3.63, 3.8) is 0 Å². The molecule has 4 nitrogen and oxygen atoms in total. The number of carbonyl (C=O) groups is 2. The van der Waals surface area contributed by atoms with E-state index in [4.69, 9.17) is 5.11 Å². The molecule has 20 heavy (non-hydrogen) atoms. The van der Waals surface area contributed by atoms with Crippen molar-refractivity contribution in [1.82, 2.24) is 0 Å². The van der Waals surface area contributed by atoms with Gasteiger partial charge in [0.05, 0.1) is 4.88 Å². The van der Waals surface area contributed by atoms with Gasteiger partial charge in [-0.15, -0.1) is 11.3 Å². The lowest BCUT2D eigenvalue weighted by molar-refractivity contribution is -0.131. The van der Waals surface area contributed by atoms with Crippen molar-refractivity contribution in [2.45, 2.75) is 6.92 Å². The molecule has 1 aromatic heterocycles. The molecule has 0 aliphatic carbocycles. The van der Waals surface area contributed by atoms with E-state index in [1.165, 1.54) is 17.4 Å². The lowest BCUT2D eigenvalue weighted by atomic mass is 10.1. The minimum atomic E-state index is -1.00. The van der Waals surface area contributed by atoms with Gasteiger partial charge in [-0.05, 0) is 41.6 Å². The zero-order valence-electron chi connectivity index (χ0n) is 10.8. The minimum Gasteiger partial charge on any atom is -0.478 e. The van der Waals surface area contributed by atoms with Crippen LogP contribution in [0.25, 0.3) is 6.08 Å². The van der Waals surface area contributed by atoms with Crippen molar-refractivity contribution in [3.8, 4) is 0 Å². The Hall–Kier alpha value is -2.40. The molecule has 0 aliphatic rings. The largest absolute Gasteiger partial charge is 0.478 e. The zero-order chi connectivity index (χ0) is 14.5. The van der Waals surface area contributed by atoms with Crippen molar-refractivity contribution in [1.29, 1.82) is 0 Å². The number of aryl methyl sites for hydroxylation is 1. The molecule has 0 atom stereocenters. The summed E-state index contributed by atoms with van der Waals surface area (Å²) in [6.45, 7) is 1.88. The highest BCUT2D eigenvalue weighted by Gasteiger charge is 2.08. The first-order valence-corrected chi connectivity index (χ1v) is 6.81. The average molecular weight is 287 g/mol. The third kappa shape index (κ3) is 3.55. The molecule has 1 amide bonds. The number of thiophene rings is 1. The number of rotatable bonds is 4. The van der Waals surface area contributed by atoms with Crippen LogP contribution in [0.1, 0.15) is 20.8 Å². The summed E-state index contributed by atoms with van der Waals surface area (Å²) in [5.74, 6) is -1.17. The second kappa shape index (κ2) is 6.16. The van der Waals surface area contributed by atoms with Crippen molar-refractivity contribution >= 4 is 35.0 Å². The Morgan fingerprint density at radius 3 is 2.75 bits per heavy atom. The molecule has 102 valence electrons. The third-order valence-corrected chi connectivity index (χ3v) is 3.54. The summed E-state index contributed by atoms with van der Waals surface area (Å²) in [6, 6.07) is 8.96. The fraction of sp³-hybridized carbons (Fsp3) is 0.0667. The van der Waals surface area contributed by atoms with Gasteiger partial charge >= 0.3 is 5.97 Å². The van der Waals surface area contributed by atoms with Crippen LogP contribution >= 0.6 is 11.3 Å². The van der Waals surface area contributed by atoms with E-state index in [0.717, 1.165) is 17.2 Å². The highest BCUT2D eigenvalue weighted by atomic mass is 32.1. The van der Waals surface area contributed by atoms with E-state index >= 15 is 0 Å². The number of aliphatic carboxylic acids is 1. The average Bonchev–Trinajstić information content (AvgIpc) is 2.93. The van der Waals surface area contributed by atoms with Crippen LogP contribution < -0.4 is 5.32 Å². The molecule has 0 saturated heterocycles. The molecule has 0 bridgehead atoms. The second-order valence-corrected chi connectivity index (χ2v) is 5.13. The standard InChI is InChI=1S/C15H13NO3S/c1-10-4-5-11(6-7-14(17)18)9-12(10)16-15(19)13-3-2-8-20-13/h2-9H,1H3,(H,16,19)(H,17,18). The van der Waals surface area contributed by atoms with Crippen LogP contribution in [-0.2, 0) is 4.79 Å². The molecule has 1 aromatic carbocycles. The number of amides is 1. The van der Waals surface area contributed by atoms with Gasteiger partial charge < -0.3 is 10.4 Å². The molecular weight excluding hydrogens is 274 g/mol. The SMILES string of the molecule is Cc1ccc(C=CC(=O)O)cc1NC(=O)c1cccs1. The Morgan fingerprint density at radius 1 is 1.30 bits per heavy atom. The molecule has 1 heterocycles. The van der Waals surface area contributed by atoms with Crippen LogP contribution in [0.15, 0.2) is 41.8 Å². The van der Waals surface area contributed by atoms with Crippen molar-refractivity contribution in [2.75, 3.05) is 5.32 Å². The smallest absolute Gasteiger partial charge is 0.328 e. The van der Waals surface area contributed by atoms with Crippen LogP contribution in [0.3, 0.4) is 0 Å². The Morgan fingerprint density at radius 2 is 2.10 bits per heavy atom. The van der Waals surface area contributed by atoms with Gasteiger partial charge in [-0.2, -0.15) is 0 Å². The predicted molar refractivity (Wildman–Crippen MR) is 80.1 cm³/mol. The van der Waals surface area contributed by atoms with Gasteiger partial charge in [0.25, 0.3) is 5.91 Å². The number of carboxylic acids is 1. The summed E-state index contributed by atoms with van der Waals surface area (Å²) in [5, 5.41) is 13.3. The van der Waals surface area contributed by atoms with Crippen LogP contribution in [0.5, 0.6) is 0 Å². The number of carbonyl (C=O) groups excluding carboxylic acids is 1. The number of benzene rings is 1. The molecule has 5 heteroatoms. The third-order valence-electron chi connectivity index (χ3n) is 2.67. The first kappa shape index (κ1) is 14.0. The predicted octanol–water partition coefficient (Wildman–Crippen LogP) is 3.41. The van der Waals surface area contributed by atoms with E-state index < -0.39 is 5.97 Å². The monoisotopic (exact) mass is 287 g/mol. The molecule has 0 saturated carbocycles. The van der Waals surface area contributed by atoms with E-state index in [-0.39, 0.29) is 5.91 Å². The van der Waals surface area contributed by atoms with Crippen molar-refractivity contribution in [2.24, 2.45) is 0 Å². The Bertz CT molecular complexity index is 660. The molecular formula is C15H13NO3S. The van der Waals surface area contributed by atoms with Crippen LogP contribution in [0.2, 0.25) is 0 Å². The highest BCUT2D eigenvalue weighted by Crippen LogP contribution is 2.20. The second-order valence-electron chi connectivity index (χ2n) is 4.18. The van der Waals surface area contributed by atoms with E-state index in [0.29, 0.717) is 10.6 Å². The summed E-state index contributed by atoms with van der Waals surface area (Å²) in [4.78, 5) is 23.1. The maximum atomic E-state index is 12.0. The van der Waals surface area contributed by atoms with Crippen molar-refractivity contribution < 1.29 is 14.7 Å². The molecule has 2 rings (SSSR count). The van der Waals surface area contributed by atoms with Gasteiger partial charge in [0.2, 0.25) is 0 Å². The lowest BCUT2D eigenvalue weighted by Crippen LogP contribution is -2.11. The molecule has 0 radical (unpaired) electrons. The van der Waals surface area contributed by atoms with Crippen LogP contribution in [0.4, 0.5) is 5.69 Å². The fourth-order valence-electron chi connectivity index (χ4n) is 1.64. The maximum absolute atomic E-state index is 12.0. The highest BCUT2D eigenvalue weighted by molar-refractivity contribution is 7.12. The van der Waals surface area contributed by atoms with Crippen molar-refractivity contribution in [3.05, 3.63) is 57.8 Å². The van der Waals surface area contributed by atoms with E-state index in [1.807, 2.05) is 24.4 Å². The van der Waals surface area contributed by atoms with Crippen LogP contribution in [0, 0.1) is 6.92 Å². The fourth-order valence-corrected chi connectivity index (χ4v) is 2.26. The zero-order valence-corrected chi connectivity index (χ0v) is 11.6. The summed E-state index contributed by atoms with van der Waals surface area (Å²) < 4.78 is 0. The van der Waals surface area contributed by atoms with Gasteiger partial charge in [-0.3, -0.25) is 4.79 Å². The quantitative estimate of drug-likeness (QED) is 0.847. The Kier molecular flexibility index (Phi) is 4.32. The summed E-state index contributed by atoms with van der Waals surface area (Å²) in [5.41, 5.74) is 2.32. The first-order valence-electron chi connectivity index (χ1n) is 5.93. The minimum absolute atomic E-state index is 0.164. The Labute approximate surface area is 120 Å². The van der Waals surface area contributed by atoms with Gasteiger partial charge in [0.1, 0.15) is 0 Å². The molecule has 2 N–H and O–H groups in total. The summed E-state index contributed by atoms with van der Waals surface area (Å²) in [6.07, 6.45) is 2.55. The first-order chi connectivity index (χ1) is 9.56. The number of nitrogens with one attached hydrogen (secondary N) is 1. The number of carboxylic acid groups (broad SMARTS) is 1. The van der Waals surface area contributed by atoms with Gasteiger partial charge in [-0.25, -0.2) is 4.79 Å². The summed E-state index contributed by atoms with van der Waals surface area (Å²) in [7, 11) is 0. The van der Waals surface area contributed by atoms with E-state index in [9.17, 15) is 9.59 Å². The number of hydrogen-bond acceptors (Lipinski definition) is 3. The molecule has 0 aliphatic heterocycles. The maximum Gasteiger partial charge on any atom is 0.328 e. The molecule has 0 unspecified atom stereocenters. The van der Waals surface area contributed by atoms with Gasteiger partial charge in [0, 0.05) is 11.8 Å². The van der Waals surface area contributed by atoms with E-state index in [1.54, 1.807) is 18.2 Å². The lowest BCUT2D eigenvalue weighted by Gasteiger charge is -2.08. The molecule has 0 fully saturated rings. The Balaban J connectivity index is 2.20. The normalized spacial score (nSPS) is 10.7.